The Labute approximate surface area is 167 Å². The van der Waals surface area contributed by atoms with Crippen LogP contribution in [0.3, 0.4) is 0 Å². The maximum Gasteiger partial charge on any atom is 0.271 e. The summed E-state index contributed by atoms with van der Waals surface area (Å²) in [6.45, 7) is 2.40. The molecule has 2 aromatic rings. The van der Waals surface area contributed by atoms with Gasteiger partial charge in [0.15, 0.2) is 0 Å². The van der Waals surface area contributed by atoms with Gasteiger partial charge in [-0.15, -0.1) is 0 Å². The minimum atomic E-state index is -0.613. The maximum absolute atomic E-state index is 12.5. The van der Waals surface area contributed by atoms with E-state index >= 15 is 0 Å². The Hall–Kier alpha value is -3.62. The van der Waals surface area contributed by atoms with E-state index in [1.807, 2.05) is 12.1 Å². The molecule has 29 heavy (non-hydrogen) atoms. The smallest absolute Gasteiger partial charge is 0.271 e. The van der Waals surface area contributed by atoms with Gasteiger partial charge >= 0.3 is 0 Å². The van der Waals surface area contributed by atoms with Crippen LogP contribution in [0.4, 0.5) is 22.7 Å². The molecule has 152 valence electrons. The number of hydrogen-bond acceptors (Lipinski definition) is 6. The molecule has 1 aliphatic heterocycles. The van der Waals surface area contributed by atoms with Crippen LogP contribution in [0.5, 0.6) is 5.75 Å². The highest BCUT2D eigenvalue weighted by atomic mass is 16.6. The van der Waals surface area contributed by atoms with Crippen LogP contribution in [0.1, 0.15) is 19.8 Å². The molecule has 2 aromatic carbocycles. The van der Waals surface area contributed by atoms with Gasteiger partial charge in [0.25, 0.3) is 5.69 Å². The van der Waals surface area contributed by atoms with Crippen molar-refractivity contribution in [3.63, 3.8) is 0 Å². The highest BCUT2D eigenvalue weighted by molar-refractivity contribution is 5.98. The summed E-state index contributed by atoms with van der Waals surface area (Å²) in [5.74, 6) is 0.0720. The van der Waals surface area contributed by atoms with Gasteiger partial charge < -0.3 is 20.3 Å². The topological polar surface area (TPSA) is 114 Å². The van der Waals surface area contributed by atoms with Crippen LogP contribution in [0.15, 0.2) is 42.5 Å². The van der Waals surface area contributed by atoms with E-state index in [-0.39, 0.29) is 23.2 Å². The number of nitrogens with zero attached hydrogens (tertiary/aromatic N) is 2. The molecule has 3 rings (SSSR count). The summed E-state index contributed by atoms with van der Waals surface area (Å²) < 4.78 is 5.16. The van der Waals surface area contributed by atoms with Crippen molar-refractivity contribution in [1.82, 2.24) is 0 Å². The lowest BCUT2D eigenvalue weighted by atomic mass is 10.2. The first-order chi connectivity index (χ1) is 13.9. The molecule has 0 bridgehead atoms. The molecule has 0 radical (unpaired) electrons. The Bertz CT molecular complexity index is 929. The van der Waals surface area contributed by atoms with Crippen molar-refractivity contribution in [3.8, 4) is 5.75 Å². The third kappa shape index (κ3) is 4.63. The second-order valence-electron chi connectivity index (χ2n) is 6.69. The highest BCUT2D eigenvalue weighted by Crippen LogP contribution is 2.29. The summed E-state index contributed by atoms with van der Waals surface area (Å²) in [6.07, 6.45) is 1.43. The normalized spacial score (nSPS) is 14.4. The molecule has 1 heterocycles. The predicted molar refractivity (Wildman–Crippen MR) is 109 cm³/mol. The van der Waals surface area contributed by atoms with Crippen LogP contribution in [-0.4, -0.2) is 36.4 Å². The maximum atomic E-state index is 12.5. The molecule has 0 unspecified atom stereocenters. The van der Waals surface area contributed by atoms with Crippen LogP contribution in [0.25, 0.3) is 0 Å². The number of nitro groups is 1. The summed E-state index contributed by atoms with van der Waals surface area (Å²) in [4.78, 5) is 36.5. The van der Waals surface area contributed by atoms with Crippen molar-refractivity contribution in [3.05, 3.63) is 52.6 Å². The zero-order valence-electron chi connectivity index (χ0n) is 16.2. The van der Waals surface area contributed by atoms with Crippen LogP contribution in [0.2, 0.25) is 0 Å². The number of anilines is 3. The Kier molecular flexibility index (Phi) is 5.96. The molecule has 1 atom stereocenters. The van der Waals surface area contributed by atoms with Gasteiger partial charge in [0.2, 0.25) is 11.8 Å². The molecule has 0 aromatic heterocycles. The van der Waals surface area contributed by atoms with E-state index < -0.39 is 11.0 Å². The molecular weight excluding hydrogens is 376 g/mol. The fourth-order valence-electron chi connectivity index (χ4n) is 3.12. The Morgan fingerprint density at radius 1 is 1.24 bits per heavy atom. The first-order valence-corrected chi connectivity index (χ1v) is 9.19. The van der Waals surface area contributed by atoms with Crippen molar-refractivity contribution < 1.29 is 19.2 Å². The highest BCUT2D eigenvalue weighted by Gasteiger charge is 2.22. The predicted octanol–water partition coefficient (Wildman–Crippen LogP) is 3.17. The van der Waals surface area contributed by atoms with Crippen molar-refractivity contribution in [2.24, 2.45) is 0 Å². The van der Waals surface area contributed by atoms with Gasteiger partial charge in [-0.05, 0) is 43.7 Å². The molecule has 2 amide bonds. The minimum Gasteiger partial charge on any atom is -0.495 e. The van der Waals surface area contributed by atoms with Gasteiger partial charge in [0.1, 0.15) is 11.8 Å². The SMILES string of the molecule is COc1ccc([N+](=O)[O-])cc1NC(=O)[C@H](C)Nc1ccc(N2CCCC2=O)cc1. The van der Waals surface area contributed by atoms with E-state index in [2.05, 4.69) is 10.6 Å². The van der Waals surface area contributed by atoms with E-state index in [9.17, 15) is 19.7 Å². The fraction of sp³-hybridized carbons (Fsp3) is 0.300. The summed E-state index contributed by atoms with van der Waals surface area (Å²) in [5.41, 5.74) is 1.63. The summed E-state index contributed by atoms with van der Waals surface area (Å²) >= 11 is 0. The van der Waals surface area contributed by atoms with Gasteiger partial charge in [0.05, 0.1) is 17.7 Å². The molecule has 1 fully saturated rings. The Morgan fingerprint density at radius 2 is 1.97 bits per heavy atom. The number of carbonyl (C=O) groups excluding carboxylic acids is 2. The second kappa shape index (κ2) is 8.59. The first-order valence-electron chi connectivity index (χ1n) is 9.19. The van der Waals surface area contributed by atoms with Crippen molar-refractivity contribution >= 4 is 34.6 Å². The molecule has 1 aliphatic rings. The molecule has 2 N–H and O–H groups in total. The number of methoxy groups -OCH3 is 1. The fourth-order valence-corrected chi connectivity index (χ4v) is 3.12. The zero-order chi connectivity index (χ0) is 21.0. The van der Waals surface area contributed by atoms with E-state index in [1.54, 1.807) is 24.0 Å². The third-order valence-corrected chi connectivity index (χ3v) is 4.68. The standard InChI is InChI=1S/C20H22N4O5/c1-13(20(26)22-17-12-16(24(27)28)9-10-18(17)29-2)21-14-5-7-15(8-6-14)23-11-3-4-19(23)25/h5-10,12-13,21H,3-4,11H2,1-2H3,(H,22,26)/t13-/m0/s1. The number of nitrogens with one attached hydrogen (secondary N) is 2. The van der Waals surface area contributed by atoms with E-state index in [0.29, 0.717) is 17.9 Å². The largest absolute Gasteiger partial charge is 0.495 e. The van der Waals surface area contributed by atoms with Crippen LogP contribution >= 0.6 is 0 Å². The first kappa shape index (κ1) is 20.1. The van der Waals surface area contributed by atoms with Gasteiger partial charge in [-0.3, -0.25) is 19.7 Å². The Morgan fingerprint density at radius 3 is 2.55 bits per heavy atom. The van der Waals surface area contributed by atoms with Gasteiger partial charge in [-0.25, -0.2) is 0 Å². The summed E-state index contributed by atoms with van der Waals surface area (Å²) in [6, 6.07) is 10.7. The number of amides is 2. The number of ether oxygens (including phenoxy) is 1. The zero-order valence-corrected chi connectivity index (χ0v) is 16.2. The monoisotopic (exact) mass is 398 g/mol. The van der Waals surface area contributed by atoms with Crippen molar-refractivity contribution in [2.45, 2.75) is 25.8 Å². The Balaban J connectivity index is 1.66. The van der Waals surface area contributed by atoms with Crippen LogP contribution < -0.4 is 20.3 Å². The van der Waals surface area contributed by atoms with E-state index in [0.717, 1.165) is 18.7 Å². The molecule has 0 saturated carbocycles. The van der Waals surface area contributed by atoms with Crippen molar-refractivity contribution in [1.29, 1.82) is 0 Å². The molecule has 9 nitrogen and oxygen atoms in total. The molecule has 1 saturated heterocycles. The third-order valence-electron chi connectivity index (χ3n) is 4.68. The summed E-state index contributed by atoms with van der Waals surface area (Å²) in [7, 11) is 1.42. The number of non-ortho nitro benzene ring substituents is 1. The van der Waals surface area contributed by atoms with Gasteiger partial charge in [-0.2, -0.15) is 0 Å². The van der Waals surface area contributed by atoms with Gasteiger partial charge in [-0.1, -0.05) is 0 Å². The number of rotatable bonds is 7. The number of nitro benzene ring substituents is 1. The van der Waals surface area contributed by atoms with E-state index in [4.69, 9.17) is 4.74 Å². The lowest BCUT2D eigenvalue weighted by Crippen LogP contribution is -2.32. The lowest BCUT2D eigenvalue weighted by molar-refractivity contribution is -0.384. The number of benzene rings is 2. The molecule has 0 spiro atoms. The average Bonchev–Trinajstić information content (AvgIpc) is 3.14. The second-order valence-corrected chi connectivity index (χ2v) is 6.69. The number of carbonyl (C=O) groups is 2. The van der Waals surface area contributed by atoms with Crippen LogP contribution in [-0.2, 0) is 9.59 Å². The van der Waals surface area contributed by atoms with Crippen LogP contribution in [0, 0.1) is 10.1 Å². The summed E-state index contributed by atoms with van der Waals surface area (Å²) in [5, 5.41) is 16.7. The molecular formula is C20H22N4O5. The molecule has 0 aliphatic carbocycles. The quantitative estimate of drug-likeness (QED) is 0.547. The average molecular weight is 398 g/mol. The minimum absolute atomic E-state index is 0.115. The van der Waals surface area contributed by atoms with E-state index in [1.165, 1.54) is 25.3 Å². The van der Waals surface area contributed by atoms with Crippen molar-refractivity contribution in [2.75, 3.05) is 29.2 Å². The lowest BCUT2D eigenvalue weighted by Gasteiger charge is -2.18. The number of hydrogen-bond donors (Lipinski definition) is 2. The van der Waals surface area contributed by atoms with Gasteiger partial charge in [0, 0.05) is 36.5 Å². The molecule has 9 heteroatoms.